The third kappa shape index (κ3) is 3.24. The third-order valence-corrected chi connectivity index (χ3v) is 2.46. The second-order valence-electron chi connectivity index (χ2n) is 3.69. The highest BCUT2D eigenvalue weighted by atomic mass is 16.5. The van der Waals surface area contributed by atoms with Crippen LogP contribution in [-0.2, 0) is 4.79 Å². The lowest BCUT2D eigenvalue weighted by Gasteiger charge is -2.19. The molecule has 0 aliphatic heterocycles. The molecule has 88 valence electrons. The van der Waals surface area contributed by atoms with E-state index in [1.165, 1.54) is 11.8 Å². The second kappa shape index (κ2) is 5.51. The highest BCUT2D eigenvalue weighted by molar-refractivity contribution is 5.72. The molecule has 16 heavy (non-hydrogen) atoms. The highest BCUT2D eigenvalue weighted by Gasteiger charge is 2.12. The van der Waals surface area contributed by atoms with Crippen molar-refractivity contribution in [1.29, 1.82) is 0 Å². The Kier molecular flexibility index (Phi) is 4.31. The van der Waals surface area contributed by atoms with Crippen LogP contribution in [0.2, 0.25) is 0 Å². The Balaban J connectivity index is 2.72. The van der Waals surface area contributed by atoms with Gasteiger partial charge < -0.3 is 14.7 Å². The summed E-state index contributed by atoms with van der Waals surface area (Å²) in [5.41, 5.74) is 0.743. The van der Waals surface area contributed by atoms with Crippen molar-refractivity contribution < 1.29 is 14.6 Å². The zero-order valence-electron chi connectivity index (χ0n) is 9.80. The molecule has 1 aromatic carbocycles. The van der Waals surface area contributed by atoms with E-state index in [4.69, 9.17) is 4.74 Å². The Bertz CT molecular complexity index is 365. The van der Waals surface area contributed by atoms with Gasteiger partial charge in [0.2, 0.25) is 5.91 Å². The number of methoxy groups -OCH3 is 1. The van der Waals surface area contributed by atoms with Gasteiger partial charge in [0.15, 0.2) is 0 Å². The minimum absolute atomic E-state index is 0.0676. The fourth-order valence-electron chi connectivity index (χ4n) is 1.34. The first-order valence-corrected chi connectivity index (χ1v) is 5.08. The summed E-state index contributed by atoms with van der Waals surface area (Å²) in [4.78, 5) is 12.5. The molecule has 0 heterocycles. The predicted octanol–water partition coefficient (Wildman–Crippen LogP) is 1.21. The van der Waals surface area contributed by atoms with E-state index in [2.05, 4.69) is 0 Å². The molecule has 0 aliphatic rings. The summed E-state index contributed by atoms with van der Waals surface area (Å²) in [7, 11) is 3.24. The van der Waals surface area contributed by atoms with E-state index in [-0.39, 0.29) is 12.5 Å². The number of benzene rings is 1. The molecule has 0 spiro atoms. The van der Waals surface area contributed by atoms with Crippen molar-refractivity contribution in [3.63, 3.8) is 0 Å². The van der Waals surface area contributed by atoms with Crippen molar-refractivity contribution in [2.24, 2.45) is 0 Å². The summed E-state index contributed by atoms with van der Waals surface area (Å²) in [6, 6.07) is 7.19. The molecule has 0 saturated heterocycles. The van der Waals surface area contributed by atoms with Gasteiger partial charge in [0.25, 0.3) is 0 Å². The first-order chi connectivity index (χ1) is 7.54. The maximum Gasteiger partial charge on any atom is 0.219 e. The van der Waals surface area contributed by atoms with Crippen LogP contribution in [0.1, 0.15) is 18.6 Å². The van der Waals surface area contributed by atoms with E-state index >= 15 is 0 Å². The lowest BCUT2D eigenvalue weighted by molar-refractivity contribution is -0.128. The van der Waals surface area contributed by atoms with Gasteiger partial charge in [-0.25, -0.2) is 0 Å². The Morgan fingerprint density at radius 2 is 2.25 bits per heavy atom. The Hall–Kier alpha value is -1.55. The maximum atomic E-state index is 11.0. The lowest BCUT2D eigenvalue weighted by Crippen LogP contribution is -2.28. The van der Waals surface area contributed by atoms with Gasteiger partial charge in [-0.1, -0.05) is 12.1 Å². The summed E-state index contributed by atoms with van der Waals surface area (Å²) in [6.07, 6.45) is -0.691. The average Bonchev–Trinajstić information content (AvgIpc) is 2.28. The molecule has 1 rings (SSSR count). The first kappa shape index (κ1) is 12.5. The van der Waals surface area contributed by atoms with Crippen LogP contribution < -0.4 is 4.74 Å². The number of hydrogen-bond acceptors (Lipinski definition) is 3. The SMILES string of the molecule is COc1cccc(C(O)CN(C)C(C)=O)c1. The topological polar surface area (TPSA) is 49.8 Å². The van der Waals surface area contributed by atoms with Crippen LogP contribution in [0.25, 0.3) is 0 Å². The molecule has 4 nitrogen and oxygen atoms in total. The molecule has 0 fully saturated rings. The molecule has 0 aromatic heterocycles. The molecular formula is C12H17NO3. The van der Waals surface area contributed by atoms with Crippen molar-refractivity contribution in [3.05, 3.63) is 29.8 Å². The van der Waals surface area contributed by atoms with Crippen molar-refractivity contribution in [1.82, 2.24) is 4.90 Å². The van der Waals surface area contributed by atoms with Gasteiger partial charge in [-0.15, -0.1) is 0 Å². The number of ether oxygens (including phenoxy) is 1. The number of nitrogens with zero attached hydrogens (tertiary/aromatic N) is 1. The van der Waals surface area contributed by atoms with E-state index in [1.807, 2.05) is 12.1 Å². The normalized spacial score (nSPS) is 12.0. The summed E-state index contributed by atoms with van der Waals surface area (Å²) >= 11 is 0. The Morgan fingerprint density at radius 3 is 2.81 bits per heavy atom. The van der Waals surface area contributed by atoms with Gasteiger partial charge in [-0.05, 0) is 17.7 Å². The van der Waals surface area contributed by atoms with Gasteiger partial charge in [-0.3, -0.25) is 4.79 Å². The van der Waals surface area contributed by atoms with Crippen LogP contribution in [-0.4, -0.2) is 36.6 Å². The predicted molar refractivity (Wildman–Crippen MR) is 61.3 cm³/mol. The van der Waals surface area contributed by atoms with Crippen molar-refractivity contribution in [3.8, 4) is 5.75 Å². The van der Waals surface area contributed by atoms with Crippen LogP contribution in [0.4, 0.5) is 0 Å². The van der Waals surface area contributed by atoms with Gasteiger partial charge in [0, 0.05) is 14.0 Å². The third-order valence-electron chi connectivity index (χ3n) is 2.46. The second-order valence-corrected chi connectivity index (χ2v) is 3.69. The molecule has 4 heteroatoms. The van der Waals surface area contributed by atoms with Gasteiger partial charge >= 0.3 is 0 Å². The van der Waals surface area contributed by atoms with Crippen LogP contribution in [0, 0.1) is 0 Å². The number of aliphatic hydroxyl groups is 1. The lowest BCUT2D eigenvalue weighted by atomic mass is 10.1. The average molecular weight is 223 g/mol. The fourth-order valence-corrected chi connectivity index (χ4v) is 1.34. The molecule has 0 radical (unpaired) electrons. The number of amides is 1. The van der Waals surface area contributed by atoms with E-state index in [0.29, 0.717) is 5.75 Å². The van der Waals surface area contributed by atoms with Gasteiger partial charge in [-0.2, -0.15) is 0 Å². The number of hydrogen-bond donors (Lipinski definition) is 1. The van der Waals surface area contributed by atoms with Crippen LogP contribution in [0.3, 0.4) is 0 Å². The maximum absolute atomic E-state index is 11.0. The summed E-state index contributed by atoms with van der Waals surface area (Å²) in [5, 5.41) is 9.91. The monoisotopic (exact) mass is 223 g/mol. The van der Waals surface area contributed by atoms with Crippen molar-refractivity contribution in [2.75, 3.05) is 20.7 Å². The quantitative estimate of drug-likeness (QED) is 0.834. The standard InChI is InChI=1S/C12H17NO3/c1-9(14)13(2)8-12(15)10-5-4-6-11(7-10)16-3/h4-7,12,15H,8H2,1-3H3. The summed E-state index contributed by atoms with van der Waals surface area (Å²) in [5.74, 6) is 0.629. The zero-order chi connectivity index (χ0) is 12.1. The van der Waals surface area contributed by atoms with Crippen LogP contribution in [0.5, 0.6) is 5.75 Å². The van der Waals surface area contributed by atoms with Crippen LogP contribution >= 0.6 is 0 Å². The summed E-state index contributed by atoms with van der Waals surface area (Å²) < 4.78 is 5.07. The smallest absolute Gasteiger partial charge is 0.219 e. The molecular weight excluding hydrogens is 206 g/mol. The molecule has 1 atom stereocenters. The first-order valence-electron chi connectivity index (χ1n) is 5.08. The number of aliphatic hydroxyl groups excluding tert-OH is 1. The Morgan fingerprint density at radius 1 is 1.56 bits per heavy atom. The molecule has 1 unspecified atom stereocenters. The van der Waals surface area contributed by atoms with Crippen LogP contribution in [0.15, 0.2) is 24.3 Å². The molecule has 1 aromatic rings. The van der Waals surface area contributed by atoms with E-state index < -0.39 is 6.10 Å². The van der Waals surface area contributed by atoms with Gasteiger partial charge in [0.1, 0.15) is 5.75 Å². The largest absolute Gasteiger partial charge is 0.497 e. The van der Waals surface area contributed by atoms with E-state index in [9.17, 15) is 9.90 Å². The highest BCUT2D eigenvalue weighted by Crippen LogP contribution is 2.19. The van der Waals surface area contributed by atoms with Crippen molar-refractivity contribution in [2.45, 2.75) is 13.0 Å². The molecule has 0 bridgehead atoms. The van der Waals surface area contributed by atoms with E-state index in [1.54, 1.807) is 26.3 Å². The Labute approximate surface area is 95.5 Å². The minimum atomic E-state index is -0.691. The fraction of sp³-hybridized carbons (Fsp3) is 0.417. The van der Waals surface area contributed by atoms with E-state index in [0.717, 1.165) is 5.56 Å². The number of likely N-dealkylation sites (N-methyl/N-ethyl adjacent to an activating group) is 1. The number of carbonyl (C=O) groups excluding carboxylic acids is 1. The zero-order valence-corrected chi connectivity index (χ0v) is 9.80. The number of carbonyl (C=O) groups is 1. The molecule has 0 aliphatic carbocycles. The molecule has 0 saturated carbocycles. The van der Waals surface area contributed by atoms with Crippen molar-refractivity contribution >= 4 is 5.91 Å². The molecule has 1 amide bonds. The number of rotatable bonds is 4. The van der Waals surface area contributed by atoms with Gasteiger partial charge in [0.05, 0.1) is 19.8 Å². The molecule has 1 N–H and O–H groups in total. The summed E-state index contributed by atoms with van der Waals surface area (Å²) in [6.45, 7) is 1.75. The minimum Gasteiger partial charge on any atom is -0.497 e.